The number of aromatic nitrogens is 1. The van der Waals surface area contributed by atoms with Gasteiger partial charge in [0.2, 0.25) is 0 Å². The highest BCUT2D eigenvalue weighted by molar-refractivity contribution is 5.19. The summed E-state index contributed by atoms with van der Waals surface area (Å²) in [6.07, 6.45) is 4.30. The Balaban J connectivity index is 1.95. The molecule has 0 aliphatic heterocycles. The van der Waals surface area contributed by atoms with Crippen LogP contribution in [0.25, 0.3) is 0 Å². The van der Waals surface area contributed by atoms with Gasteiger partial charge in [-0.05, 0) is 43.5 Å². The molecule has 0 amide bonds. The summed E-state index contributed by atoms with van der Waals surface area (Å²) in [6.45, 7) is 4.16. The highest BCUT2D eigenvalue weighted by Gasteiger charge is 2.11. The smallest absolute Gasteiger partial charge is 0.126 e. The summed E-state index contributed by atoms with van der Waals surface area (Å²) in [7, 11) is 0. The van der Waals surface area contributed by atoms with Gasteiger partial charge in [0.05, 0.1) is 0 Å². The SMILES string of the molecule is CC(Cc1ccccc1F)NC(C)c1cccnc1. The quantitative estimate of drug-likeness (QED) is 0.887. The van der Waals surface area contributed by atoms with Crippen molar-refractivity contribution in [1.29, 1.82) is 0 Å². The van der Waals surface area contributed by atoms with E-state index >= 15 is 0 Å². The minimum absolute atomic E-state index is 0.134. The van der Waals surface area contributed by atoms with Crippen LogP contribution in [0, 0.1) is 5.82 Å². The third-order valence-electron chi connectivity index (χ3n) is 3.20. The second-order valence-electron chi connectivity index (χ2n) is 4.87. The number of benzene rings is 1. The predicted molar refractivity (Wildman–Crippen MR) is 75.4 cm³/mol. The van der Waals surface area contributed by atoms with Crippen LogP contribution in [0.4, 0.5) is 4.39 Å². The van der Waals surface area contributed by atoms with Crippen LogP contribution in [-0.4, -0.2) is 11.0 Å². The summed E-state index contributed by atoms with van der Waals surface area (Å²) >= 11 is 0. The molecule has 0 saturated carbocycles. The molecule has 3 heteroatoms. The van der Waals surface area contributed by atoms with Gasteiger partial charge >= 0.3 is 0 Å². The minimum Gasteiger partial charge on any atom is -0.307 e. The fraction of sp³-hybridized carbons (Fsp3) is 0.312. The van der Waals surface area contributed by atoms with E-state index < -0.39 is 0 Å². The number of rotatable bonds is 5. The monoisotopic (exact) mass is 258 g/mol. The zero-order valence-electron chi connectivity index (χ0n) is 11.3. The lowest BCUT2D eigenvalue weighted by Crippen LogP contribution is -2.31. The van der Waals surface area contributed by atoms with Gasteiger partial charge in [0.1, 0.15) is 5.82 Å². The lowest BCUT2D eigenvalue weighted by atomic mass is 10.0. The number of hydrogen-bond acceptors (Lipinski definition) is 2. The van der Waals surface area contributed by atoms with Crippen LogP contribution in [0.3, 0.4) is 0 Å². The fourth-order valence-electron chi connectivity index (χ4n) is 2.21. The van der Waals surface area contributed by atoms with Gasteiger partial charge in [-0.15, -0.1) is 0 Å². The second-order valence-corrected chi connectivity index (χ2v) is 4.87. The summed E-state index contributed by atoms with van der Waals surface area (Å²) in [5.74, 6) is -0.134. The Morgan fingerprint density at radius 3 is 2.63 bits per heavy atom. The molecule has 2 nitrogen and oxygen atoms in total. The van der Waals surface area contributed by atoms with Crippen LogP contribution in [0.2, 0.25) is 0 Å². The van der Waals surface area contributed by atoms with Crippen molar-refractivity contribution in [2.75, 3.05) is 0 Å². The third-order valence-corrected chi connectivity index (χ3v) is 3.20. The molecule has 1 heterocycles. The van der Waals surface area contributed by atoms with Gasteiger partial charge in [0.25, 0.3) is 0 Å². The van der Waals surface area contributed by atoms with E-state index in [1.54, 1.807) is 12.3 Å². The molecule has 0 aliphatic carbocycles. The van der Waals surface area contributed by atoms with Crippen molar-refractivity contribution in [2.45, 2.75) is 32.4 Å². The summed E-state index contributed by atoms with van der Waals surface area (Å²) in [6, 6.07) is 11.3. The first kappa shape index (κ1) is 13.7. The van der Waals surface area contributed by atoms with Crippen molar-refractivity contribution in [2.24, 2.45) is 0 Å². The molecule has 2 rings (SSSR count). The van der Waals surface area contributed by atoms with Crippen LogP contribution >= 0.6 is 0 Å². The number of hydrogen-bond donors (Lipinski definition) is 1. The molecule has 0 fully saturated rings. The van der Waals surface area contributed by atoms with Crippen molar-refractivity contribution in [1.82, 2.24) is 10.3 Å². The van der Waals surface area contributed by atoms with Gasteiger partial charge < -0.3 is 5.32 Å². The largest absolute Gasteiger partial charge is 0.307 e. The Kier molecular flexibility index (Phi) is 4.63. The molecule has 0 aliphatic rings. The van der Waals surface area contributed by atoms with Crippen molar-refractivity contribution in [3.05, 3.63) is 65.7 Å². The zero-order valence-corrected chi connectivity index (χ0v) is 11.3. The Hall–Kier alpha value is -1.74. The Morgan fingerprint density at radius 2 is 1.95 bits per heavy atom. The highest BCUT2D eigenvalue weighted by Crippen LogP contribution is 2.14. The first-order valence-corrected chi connectivity index (χ1v) is 6.56. The summed E-state index contributed by atoms with van der Waals surface area (Å²) in [5, 5.41) is 3.47. The van der Waals surface area contributed by atoms with Crippen LogP contribution < -0.4 is 5.32 Å². The van der Waals surface area contributed by atoms with Gasteiger partial charge in [-0.25, -0.2) is 4.39 Å². The molecule has 0 bridgehead atoms. The first-order chi connectivity index (χ1) is 9.16. The lowest BCUT2D eigenvalue weighted by molar-refractivity contribution is 0.468. The van der Waals surface area contributed by atoms with E-state index in [1.165, 1.54) is 6.07 Å². The van der Waals surface area contributed by atoms with Gasteiger partial charge in [-0.1, -0.05) is 24.3 Å². The molecule has 0 saturated heterocycles. The molecular weight excluding hydrogens is 239 g/mol. The van der Waals surface area contributed by atoms with Crippen LogP contribution in [0.5, 0.6) is 0 Å². The van der Waals surface area contributed by atoms with Crippen molar-refractivity contribution in [3.8, 4) is 0 Å². The van der Waals surface area contributed by atoms with Gasteiger partial charge in [-0.3, -0.25) is 4.98 Å². The van der Waals surface area contributed by atoms with Crippen LogP contribution in [0.15, 0.2) is 48.8 Å². The third kappa shape index (κ3) is 3.86. The molecule has 100 valence electrons. The van der Waals surface area contributed by atoms with E-state index in [0.717, 1.165) is 11.1 Å². The number of halogens is 1. The molecule has 0 radical (unpaired) electrons. The number of nitrogens with zero attached hydrogens (tertiary/aromatic N) is 1. The van der Waals surface area contributed by atoms with Crippen molar-refractivity contribution >= 4 is 0 Å². The maximum absolute atomic E-state index is 13.6. The van der Waals surface area contributed by atoms with E-state index in [-0.39, 0.29) is 17.9 Å². The highest BCUT2D eigenvalue weighted by atomic mass is 19.1. The van der Waals surface area contributed by atoms with Crippen molar-refractivity contribution < 1.29 is 4.39 Å². The summed E-state index contributed by atoms with van der Waals surface area (Å²) in [4.78, 5) is 4.11. The standard InChI is InChI=1S/C16H19FN2/c1-12(10-14-6-3-4-8-16(14)17)19-13(2)15-7-5-9-18-11-15/h3-9,11-13,19H,10H2,1-2H3. The van der Waals surface area contributed by atoms with E-state index in [0.29, 0.717) is 6.42 Å². The minimum atomic E-state index is -0.134. The lowest BCUT2D eigenvalue weighted by Gasteiger charge is -2.20. The molecule has 19 heavy (non-hydrogen) atoms. The molecule has 2 atom stereocenters. The maximum Gasteiger partial charge on any atom is 0.126 e. The molecule has 2 unspecified atom stereocenters. The topological polar surface area (TPSA) is 24.9 Å². The molecule has 1 aromatic carbocycles. The van der Waals surface area contributed by atoms with E-state index in [4.69, 9.17) is 0 Å². The van der Waals surface area contributed by atoms with Crippen LogP contribution in [-0.2, 0) is 6.42 Å². The average molecular weight is 258 g/mol. The van der Waals surface area contributed by atoms with E-state index in [9.17, 15) is 4.39 Å². The first-order valence-electron chi connectivity index (χ1n) is 6.56. The Labute approximate surface area is 113 Å². The van der Waals surface area contributed by atoms with Gasteiger partial charge in [0, 0.05) is 24.5 Å². The van der Waals surface area contributed by atoms with Gasteiger partial charge in [-0.2, -0.15) is 0 Å². The predicted octanol–water partition coefficient (Wildman–Crippen LogP) is 3.50. The Bertz CT molecular complexity index is 513. The average Bonchev–Trinajstić information content (AvgIpc) is 2.42. The van der Waals surface area contributed by atoms with E-state index in [2.05, 4.69) is 24.1 Å². The second kappa shape index (κ2) is 6.43. The summed E-state index contributed by atoms with van der Waals surface area (Å²) < 4.78 is 13.6. The zero-order chi connectivity index (χ0) is 13.7. The van der Waals surface area contributed by atoms with Crippen LogP contribution in [0.1, 0.15) is 31.0 Å². The van der Waals surface area contributed by atoms with E-state index in [1.807, 2.05) is 30.5 Å². The molecule has 0 spiro atoms. The molecule has 2 aromatic rings. The molecule has 1 aromatic heterocycles. The van der Waals surface area contributed by atoms with Gasteiger partial charge in [0.15, 0.2) is 0 Å². The fourth-order valence-corrected chi connectivity index (χ4v) is 2.21. The molecular formula is C16H19FN2. The number of nitrogens with one attached hydrogen (secondary N) is 1. The number of pyridine rings is 1. The summed E-state index contributed by atoms with van der Waals surface area (Å²) in [5.41, 5.74) is 1.89. The normalized spacial score (nSPS) is 14.1. The maximum atomic E-state index is 13.6. The molecule has 1 N–H and O–H groups in total. The van der Waals surface area contributed by atoms with Crippen molar-refractivity contribution in [3.63, 3.8) is 0 Å². The Morgan fingerprint density at radius 1 is 1.16 bits per heavy atom.